The summed E-state index contributed by atoms with van der Waals surface area (Å²) in [6.07, 6.45) is 0.178. The molecular weight excluding hydrogens is 211 g/mol. The molecular formula is C12H17FO3. The maximum absolute atomic E-state index is 13.4. The van der Waals surface area contributed by atoms with Gasteiger partial charge in [0.1, 0.15) is 0 Å². The van der Waals surface area contributed by atoms with E-state index in [4.69, 9.17) is 9.84 Å². The number of benzene rings is 1. The first-order valence-corrected chi connectivity index (χ1v) is 5.40. The first-order valence-electron chi connectivity index (χ1n) is 5.40. The Kier molecular flexibility index (Phi) is 5.22. The molecule has 0 fully saturated rings. The summed E-state index contributed by atoms with van der Waals surface area (Å²) < 4.78 is 18.5. The van der Waals surface area contributed by atoms with Crippen molar-refractivity contribution >= 4 is 0 Å². The standard InChI is InChI=1S/C12H17FO3/c1-2-16-12-6-5-9(8-10(12)13)11(15)4-3-7-14/h5-6,8,11,14-15H,2-4,7H2,1H3. The van der Waals surface area contributed by atoms with E-state index in [1.165, 1.54) is 12.1 Å². The van der Waals surface area contributed by atoms with Crippen molar-refractivity contribution < 1.29 is 19.3 Å². The Labute approximate surface area is 94.5 Å². The van der Waals surface area contributed by atoms with E-state index in [-0.39, 0.29) is 12.4 Å². The molecule has 0 radical (unpaired) electrons. The molecule has 1 aromatic carbocycles. The van der Waals surface area contributed by atoms with Crippen LogP contribution in [0.25, 0.3) is 0 Å². The number of halogens is 1. The molecule has 0 spiro atoms. The molecule has 1 rings (SSSR count). The van der Waals surface area contributed by atoms with Crippen LogP contribution >= 0.6 is 0 Å². The lowest BCUT2D eigenvalue weighted by molar-refractivity contribution is 0.151. The van der Waals surface area contributed by atoms with E-state index in [1.54, 1.807) is 13.0 Å². The van der Waals surface area contributed by atoms with Gasteiger partial charge in [0.25, 0.3) is 0 Å². The molecule has 4 heteroatoms. The first-order chi connectivity index (χ1) is 7.69. The molecule has 0 aliphatic heterocycles. The van der Waals surface area contributed by atoms with Gasteiger partial charge < -0.3 is 14.9 Å². The van der Waals surface area contributed by atoms with Crippen LogP contribution in [0.15, 0.2) is 18.2 Å². The predicted molar refractivity (Wildman–Crippen MR) is 58.8 cm³/mol. The molecule has 0 heterocycles. The minimum atomic E-state index is -0.739. The highest BCUT2D eigenvalue weighted by molar-refractivity contribution is 5.30. The van der Waals surface area contributed by atoms with Crippen LogP contribution in [0.5, 0.6) is 5.75 Å². The quantitative estimate of drug-likeness (QED) is 0.783. The summed E-state index contributed by atoms with van der Waals surface area (Å²) in [6, 6.07) is 4.42. The van der Waals surface area contributed by atoms with Crippen LogP contribution in [-0.4, -0.2) is 23.4 Å². The van der Waals surface area contributed by atoms with Gasteiger partial charge in [-0.1, -0.05) is 6.07 Å². The Balaban J connectivity index is 2.71. The molecule has 3 nitrogen and oxygen atoms in total. The van der Waals surface area contributed by atoms with Crippen molar-refractivity contribution in [1.82, 2.24) is 0 Å². The largest absolute Gasteiger partial charge is 0.491 e. The van der Waals surface area contributed by atoms with E-state index in [1.807, 2.05) is 0 Å². The topological polar surface area (TPSA) is 49.7 Å². The maximum atomic E-state index is 13.4. The number of aliphatic hydroxyl groups excluding tert-OH is 2. The van der Waals surface area contributed by atoms with Crippen molar-refractivity contribution in [2.75, 3.05) is 13.2 Å². The number of ether oxygens (including phenoxy) is 1. The van der Waals surface area contributed by atoms with E-state index in [0.717, 1.165) is 0 Å². The van der Waals surface area contributed by atoms with Gasteiger partial charge in [-0.25, -0.2) is 4.39 Å². The van der Waals surface area contributed by atoms with E-state index < -0.39 is 11.9 Å². The predicted octanol–water partition coefficient (Wildman–Crippen LogP) is 2.03. The van der Waals surface area contributed by atoms with Gasteiger partial charge in [0.15, 0.2) is 11.6 Å². The molecule has 1 aromatic rings. The monoisotopic (exact) mass is 228 g/mol. The van der Waals surface area contributed by atoms with Crippen LogP contribution in [0.3, 0.4) is 0 Å². The van der Waals surface area contributed by atoms with E-state index in [2.05, 4.69) is 0 Å². The second-order valence-corrected chi connectivity index (χ2v) is 3.50. The van der Waals surface area contributed by atoms with E-state index in [0.29, 0.717) is 25.0 Å². The van der Waals surface area contributed by atoms with Gasteiger partial charge in [0, 0.05) is 6.61 Å². The highest BCUT2D eigenvalue weighted by Gasteiger charge is 2.10. The Bertz CT molecular complexity index is 328. The first kappa shape index (κ1) is 12.9. The molecule has 1 unspecified atom stereocenters. The van der Waals surface area contributed by atoms with Crippen molar-refractivity contribution in [2.24, 2.45) is 0 Å². The zero-order valence-electron chi connectivity index (χ0n) is 9.32. The molecule has 0 aliphatic carbocycles. The molecule has 0 aromatic heterocycles. The van der Waals surface area contributed by atoms with Gasteiger partial charge in [0.2, 0.25) is 0 Å². The fraction of sp³-hybridized carbons (Fsp3) is 0.500. The third-order valence-corrected chi connectivity index (χ3v) is 2.28. The molecule has 1 atom stereocenters. The van der Waals surface area contributed by atoms with Gasteiger partial charge in [-0.2, -0.15) is 0 Å². The lowest BCUT2D eigenvalue weighted by Crippen LogP contribution is -2.01. The van der Waals surface area contributed by atoms with Gasteiger partial charge in [-0.15, -0.1) is 0 Å². The zero-order chi connectivity index (χ0) is 12.0. The maximum Gasteiger partial charge on any atom is 0.165 e. The summed E-state index contributed by atoms with van der Waals surface area (Å²) in [6.45, 7) is 2.21. The summed E-state index contributed by atoms with van der Waals surface area (Å²) in [5.41, 5.74) is 0.509. The highest BCUT2D eigenvalue weighted by atomic mass is 19.1. The average molecular weight is 228 g/mol. The molecule has 0 amide bonds. The molecule has 0 bridgehead atoms. The van der Waals surface area contributed by atoms with E-state index >= 15 is 0 Å². The summed E-state index contributed by atoms with van der Waals surface area (Å²) in [4.78, 5) is 0. The Morgan fingerprint density at radius 3 is 2.75 bits per heavy atom. The molecule has 0 saturated carbocycles. The van der Waals surface area contributed by atoms with E-state index in [9.17, 15) is 9.50 Å². The average Bonchev–Trinajstić information content (AvgIpc) is 2.29. The molecule has 0 saturated heterocycles. The second kappa shape index (κ2) is 6.45. The molecule has 16 heavy (non-hydrogen) atoms. The smallest absolute Gasteiger partial charge is 0.165 e. The fourth-order valence-electron chi connectivity index (χ4n) is 1.45. The van der Waals surface area contributed by atoms with Gasteiger partial charge in [-0.3, -0.25) is 0 Å². The normalized spacial score (nSPS) is 12.5. The summed E-state index contributed by atoms with van der Waals surface area (Å²) in [7, 11) is 0. The van der Waals surface area contributed by atoms with Crippen LogP contribution in [-0.2, 0) is 0 Å². The van der Waals surface area contributed by atoms with Gasteiger partial charge in [-0.05, 0) is 37.5 Å². The number of rotatable bonds is 6. The number of hydrogen-bond donors (Lipinski definition) is 2. The van der Waals surface area contributed by atoms with Crippen LogP contribution in [0.1, 0.15) is 31.4 Å². The Morgan fingerprint density at radius 1 is 1.44 bits per heavy atom. The third-order valence-electron chi connectivity index (χ3n) is 2.28. The van der Waals surface area contributed by atoms with Crippen LogP contribution < -0.4 is 4.74 Å². The minimum Gasteiger partial charge on any atom is -0.491 e. The van der Waals surface area contributed by atoms with Crippen molar-refractivity contribution in [1.29, 1.82) is 0 Å². The summed E-state index contributed by atoms with van der Waals surface area (Å²) >= 11 is 0. The summed E-state index contributed by atoms with van der Waals surface area (Å²) in [5.74, 6) is -0.275. The Morgan fingerprint density at radius 2 is 2.19 bits per heavy atom. The van der Waals surface area contributed by atoms with Crippen LogP contribution in [0.4, 0.5) is 4.39 Å². The Hall–Kier alpha value is -1.13. The lowest BCUT2D eigenvalue weighted by atomic mass is 10.0. The minimum absolute atomic E-state index is 0.0244. The molecule has 2 N–H and O–H groups in total. The van der Waals surface area contributed by atoms with Crippen molar-refractivity contribution in [2.45, 2.75) is 25.9 Å². The van der Waals surface area contributed by atoms with Gasteiger partial charge >= 0.3 is 0 Å². The molecule has 90 valence electrons. The number of hydrogen-bond acceptors (Lipinski definition) is 3. The third kappa shape index (κ3) is 3.47. The van der Waals surface area contributed by atoms with Crippen LogP contribution in [0.2, 0.25) is 0 Å². The molecule has 0 aliphatic rings. The lowest BCUT2D eigenvalue weighted by Gasteiger charge is -2.11. The number of aliphatic hydroxyl groups is 2. The SMILES string of the molecule is CCOc1ccc(C(O)CCCO)cc1F. The second-order valence-electron chi connectivity index (χ2n) is 3.50. The van der Waals surface area contributed by atoms with Gasteiger partial charge in [0.05, 0.1) is 12.7 Å². The fourth-order valence-corrected chi connectivity index (χ4v) is 1.45. The zero-order valence-corrected chi connectivity index (χ0v) is 9.32. The highest BCUT2D eigenvalue weighted by Crippen LogP contribution is 2.24. The summed E-state index contributed by atoms with van der Waals surface area (Å²) in [5, 5.41) is 18.3. The van der Waals surface area contributed by atoms with Crippen molar-refractivity contribution in [3.63, 3.8) is 0 Å². The van der Waals surface area contributed by atoms with Crippen molar-refractivity contribution in [3.8, 4) is 5.75 Å². The van der Waals surface area contributed by atoms with Crippen molar-refractivity contribution in [3.05, 3.63) is 29.6 Å². The van der Waals surface area contributed by atoms with Crippen LogP contribution in [0, 0.1) is 5.82 Å².